The Morgan fingerprint density at radius 3 is 2.48 bits per heavy atom. The topological polar surface area (TPSA) is 107 Å². The van der Waals surface area contributed by atoms with Crippen LogP contribution in [-0.2, 0) is 4.74 Å². The van der Waals surface area contributed by atoms with Gasteiger partial charge in [0, 0.05) is 11.0 Å². The Morgan fingerprint density at radius 2 is 1.87 bits per heavy atom. The molecule has 0 aromatic heterocycles. The lowest BCUT2D eigenvalue weighted by Gasteiger charge is -2.08. The van der Waals surface area contributed by atoms with E-state index in [1.165, 1.54) is 19.2 Å². The van der Waals surface area contributed by atoms with Gasteiger partial charge in [-0.3, -0.25) is 10.1 Å². The highest BCUT2D eigenvalue weighted by atomic mass is 32.2. The molecule has 0 spiro atoms. The van der Waals surface area contributed by atoms with Crippen molar-refractivity contribution in [2.75, 3.05) is 7.11 Å². The molecule has 0 saturated heterocycles. The Bertz CT molecular complexity index is 789. The maximum absolute atomic E-state index is 11.8. The Labute approximate surface area is 135 Å². The number of methoxy groups -OCH3 is 1. The van der Waals surface area contributed by atoms with Gasteiger partial charge in [0.05, 0.1) is 28.1 Å². The van der Waals surface area contributed by atoms with Crippen LogP contribution < -0.4 is 0 Å². The van der Waals surface area contributed by atoms with Gasteiger partial charge in [0.1, 0.15) is 0 Å². The third-order valence-electron chi connectivity index (χ3n) is 2.92. The third kappa shape index (κ3) is 3.67. The summed E-state index contributed by atoms with van der Waals surface area (Å²) in [7, 11) is 1.23. The number of hydrogen-bond donors (Lipinski definition) is 1. The first-order chi connectivity index (χ1) is 10.9. The van der Waals surface area contributed by atoms with Crippen molar-refractivity contribution < 1.29 is 24.4 Å². The quantitative estimate of drug-likeness (QED) is 0.508. The number of carboxylic acids is 1. The SMILES string of the molecule is COC(=O)c1ccccc1Sc1cc(C(=O)O)ccc1[N+](=O)[O-]. The zero-order valence-corrected chi connectivity index (χ0v) is 12.7. The van der Waals surface area contributed by atoms with E-state index in [-0.39, 0.29) is 21.7 Å². The lowest BCUT2D eigenvalue weighted by Crippen LogP contribution is -2.03. The Morgan fingerprint density at radius 1 is 1.17 bits per heavy atom. The van der Waals surface area contributed by atoms with Gasteiger partial charge >= 0.3 is 11.9 Å². The maximum Gasteiger partial charge on any atom is 0.339 e. The Balaban J connectivity index is 2.51. The molecule has 8 heteroatoms. The Hall–Kier alpha value is -2.87. The van der Waals surface area contributed by atoms with Crippen LogP contribution in [0.4, 0.5) is 5.69 Å². The van der Waals surface area contributed by atoms with Crippen LogP contribution in [0.2, 0.25) is 0 Å². The normalized spacial score (nSPS) is 10.1. The van der Waals surface area contributed by atoms with Crippen LogP contribution in [0.25, 0.3) is 0 Å². The summed E-state index contributed by atoms with van der Waals surface area (Å²) in [5.74, 6) is -1.77. The number of nitro benzene ring substituents is 1. The predicted octanol–water partition coefficient (Wildman–Crippen LogP) is 3.23. The molecule has 0 atom stereocenters. The van der Waals surface area contributed by atoms with Crippen LogP contribution in [0, 0.1) is 10.1 Å². The predicted molar refractivity (Wildman–Crippen MR) is 82.0 cm³/mol. The molecule has 0 heterocycles. The van der Waals surface area contributed by atoms with Crippen molar-refractivity contribution in [3.8, 4) is 0 Å². The van der Waals surface area contributed by atoms with E-state index in [0.29, 0.717) is 4.90 Å². The highest BCUT2D eigenvalue weighted by molar-refractivity contribution is 7.99. The minimum absolute atomic E-state index is 0.0753. The molecule has 0 aliphatic heterocycles. The molecule has 0 amide bonds. The van der Waals surface area contributed by atoms with Crippen LogP contribution in [0.3, 0.4) is 0 Å². The number of carbonyl (C=O) groups is 2. The van der Waals surface area contributed by atoms with Gasteiger partial charge in [-0.2, -0.15) is 0 Å². The largest absolute Gasteiger partial charge is 0.478 e. The lowest BCUT2D eigenvalue weighted by atomic mass is 10.2. The highest BCUT2D eigenvalue weighted by Crippen LogP contribution is 2.37. The summed E-state index contributed by atoms with van der Waals surface area (Å²) in [4.78, 5) is 33.9. The van der Waals surface area contributed by atoms with E-state index in [1.807, 2.05) is 0 Å². The summed E-state index contributed by atoms with van der Waals surface area (Å²) in [5, 5.41) is 20.2. The minimum Gasteiger partial charge on any atom is -0.478 e. The van der Waals surface area contributed by atoms with Crippen molar-refractivity contribution in [1.29, 1.82) is 0 Å². The maximum atomic E-state index is 11.8. The number of nitrogens with zero attached hydrogens (tertiary/aromatic N) is 1. The molecule has 0 aliphatic carbocycles. The molecule has 2 aromatic rings. The van der Waals surface area contributed by atoms with E-state index in [0.717, 1.165) is 23.9 Å². The molecule has 0 radical (unpaired) electrons. The van der Waals surface area contributed by atoms with Crippen molar-refractivity contribution in [3.05, 3.63) is 63.7 Å². The first-order valence-corrected chi connectivity index (χ1v) is 7.12. The van der Waals surface area contributed by atoms with Crippen LogP contribution in [0.1, 0.15) is 20.7 Å². The highest BCUT2D eigenvalue weighted by Gasteiger charge is 2.20. The molecule has 0 unspecified atom stereocenters. The molecular weight excluding hydrogens is 322 g/mol. The van der Waals surface area contributed by atoms with E-state index in [9.17, 15) is 19.7 Å². The monoisotopic (exact) mass is 333 g/mol. The first kappa shape index (κ1) is 16.5. The van der Waals surface area contributed by atoms with Gasteiger partial charge < -0.3 is 9.84 Å². The van der Waals surface area contributed by atoms with Crippen molar-refractivity contribution in [3.63, 3.8) is 0 Å². The number of benzene rings is 2. The lowest BCUT2D eigenvalue weighted by molar-refractivity contribution is -0.387. The summed E-state index contributed by atoms with van der Waals surface area (Å²) < 4.78 is 4.67. The van der Waals surface area contributed by atoms with Gasteiger partial charge in [-0.25, -0.2) is 9.59 Å². The second kappa shape index (κ2) is 6.93. The second-order valence-corrected chi connectivity index (χ2v) is 5.42. The summed E-state index contributed by atoms with van der Waals surface area (Å²) in [6.45, 7) is 0. The number of rotatable bonds is 5. The number of ether oxygens (including phenoxy) is 1. The van der Waals surface area contributed by atoms with E-state index in [1.54, 1.807) is 18.2 Å². The fourth-order valence-electron chi connectivity index (χ4n) is 1.83. The van der Waals surface area contributed by atoms with Gasteiger partial charge in [-0.05, 0) is 24.3 Å². The first-order valence-electron chi connectivity index (χ1n) is 6.31. The Kier molecular flexibility index (Phi) is 4.97. The molecular formula is C15H11NO6S. The van der Waals surface area contributed by atoms with Crippen LogP contribution in [0.5, 0.6) is 0 Å². The molecule has 0 bridgehead atoms. The van der Waals surface area contributed by atoms with Crippen molar-refractivity contribution in [2.24, 2.45) is 0 Å². The van der Waals surface area contributed by atoms with Gasteiger partial charge in [0.2, 0.25) is 0 Å². The van der Waals surface area contributed by atoms with Crippen molar-refractivity contribution >= 4 is 29.4 Å². The van der Waals surface area contributed by atoms with Crippen molar-refractivity contribution in [2.45, 2.75) is 9.79 Å². The molecule has 0 aliphatic rings. The van der Waals surface area contributed by atoms with Crippen LogP contribution in [0.15, 0.2) is 52.3 Å². The molecule has 1 N–H and O–H groups in total. The van der Waals surface area contributed by atoms with E-state index >= 15 is 0 Å². The van der Waals surface area contributed by atoms with Gasteiger partial charge in [-0.1, -0.05) is 23.9 Å². The number of hydrogen-bond acceptors (Lipinski definition) is 6. The summed E-state index contributed by atoms with van der Waals surface area (Å²) in [5.41, 5.74) is -0.0663. The standard InChI is InChI=1S/C15H11NO6S/c1-22-15(19)10-4-2-3-5-12(10)23-13-8-9(14(17)18)6-7-11(13)16(20)21/h2-8H,1H3,(H,17,18). The zero-order chi connectivity index (χ0) is 17.0. The van der Waals surface area contributed by atoms with Crippen LogP contribution in [-0.4, -0.2) is 29.1 Å². The fourth-order valence-corrected chi connectivity index (χ4v) is 2.91. The molecule has 7 nitrogen and oxygen atoms in total. The molecule has 2 aromatic carbocycles. The molecule has 0 fully saturated rings. The summed E-state index contributed by atoms with van der Waals surface area (Å²) in [6, 6.07) is 9.94. The number of esters is 1. The number of aromatic carboxylic acids is 1. The molecule has 2 rings (SSSR count). The summed E-state index contributed by atoms with van der Waals surface area (Å²) in [6.07, 6.45) is 0. The number of carbonyl (C=O) groups excluding carboxylic acids is 1. The number of nitro groups is 1. The minimum atomic E-state index is -1.19. The molecule has 23 heavy (non-hydrogen) atoms. The zero-order valence-electron chi connectivity index (χ0n) is 11.9. The molecule has 0 saturated carbocycles. The van der Waals surface area contributed by atoms with Gasteiger partial charge in [0.15, 0.2) is 0 Å². The molecule has 118 valence electrons. The van der Waals surface area contributed by atoms with E-state index < -0.39 is 16.9 Å². The smallest absolute Gasteiger partial charge is 0.339 e. The van der Waals surface area contributed by atoms with Gasteiger partial charge in [0.25, 0.3) is 5.69 Å². The average Bonchev–Trinajstić information content (AvgIpc) is 2.54. The second-order valence-electron chi connectivity index (χ2n) is 4.33. The van der Waals surface area contributed by atoms with Gasteiger partial charge in [-0.15, -0.1) is 0 Å². The van der Waals surface area contributed by atoms with Crippen LogP contribution >= 0.6 is 11.8 Å². The van der Waals surface area contributed by atoms with Crippen molar-refractivity contribution in [1.82, 2.24) is 0 Å². The average molecular weight is 333 g/mol. The van der Waals surface area contributed by atoms with E-state index in [2.05, 4.69) is 4.74 Å². The summed E-state index contributed by atoms with van der Waals surface area (Å²) >= 11 is 0.939. The van der Waals surface area contributed by atoms with E-state index in [4.69, 9.17) is 5.11 Å². The number of carboxylic acid groups (broad SMARTS) is 1. The fraction of sp³-hybridized carbons (Fsp3) is 0.0667. The third-order valence-corrected chi connectivity index (χ3v) is 4.04.